The maximum atomic E-state index is 10.5. The predicted octanol–water partition coefficient (Wildman–Crippen LogP) is 1.48. The van der Waals surface area contributed by atoms with E-state index < -0.39 is 4.92 Å². The summed E-state index contributed by atoms with van der Waals surface area (Å²) in [5.41, 5.74) is 0.783. The highest BCUT2D eigenvalue weighted by Crippen LogP contribution is 2.16. The van der Waals surface area contributed by atoms with Crippen LogP contribution in [0.3, 0.4) is 0 Å². The lowest BCUT2D eigenvalue weighted by Crippen LogP contribution is -2.04. The van der Waals surface area contributed by atoms with Gasteiger partial charge in [0.25, 0.3) is 5.69 Å². The lowest BCUT2D eigenvalue weighted by molar-refractivity contribution is -0.385. The standard InChI is InChI=1S/C8H9N2O2/c1-9-6-7-4-2-3-5-8(7)10(11)12/h2-5,9H,1,6H2. The Labute approximate surface area is 70.4 Å². The highest BCUT2D eigenvalue weighted by molar-refractivity contribution is 5.39. The Kier molecular flexibility index (Phi) is 2.76. The van der Waals surface area contributed by atoms with Gasteiger partial charge in [0.05, 0.1) is 4.92 Å². The minimum atomic E-state index is -0.396. The summed E-state index contributed by atoms with van der Waals surface area (Å²) in [6.07, 6.45) is 0. The van der Waals surface area contributed by atoms with Gasteiger partial charge in [0.1, 0.15) is 0 Å². The molecule has 1 aromatic carbocycles. The number of benzene rings is 1. The molecule has 0 unspecified atom stereocenters. The molecule has 0 aromatic heterocycles. The van der Waals surface area contributed by atoms with E-state index in [1.165, 1.54) is 6.07 Å². The molecule has 0 heterocycles. The minimum Gasteiger partial charge on any atom is -0.311 e. The summed E-state index contributed by atoms with van der Waals surface area (Å²) in [7, 11) is 3.41. The molecule has 0 fully saturated rings. The van der Waals surface area contributed by atoms with Gasteiger partial charge in [-0.1, -0.05) is 18.2 Å². The van der Waals surface area contributed by atoms with E-state index in [1.54, 1.807) is 18.2 Å². The van der Waals surface area contributed by atoms with Gasteiger partial charge in [-0.15, -0.1) is 0 Å². The molecule has 0 aliphatic rings. The highest BCUT2D eigenvalue weighted by atomic mass is 16.6. The first-order valence-electron chi connectivity index (χ1n) is 3.48. The molecular formula is C8H9N2O2. The molecule has 0 aliphatic heterocycles. The van der Waals surface area contributed by atoms with E-state index in [1.807, 2.05) is 0 Å². The molecule has 1 aromatic rings. The Morgan fingerprint density at radius 3 is 2.75 bits per heavy atom. The molecule has 0 aliphatic carbocycles. The fraction of sp³-hybridized carbons (Fsp3) is 0.125. The molecule has 0 spiro atoms. The maximum absolute atomic E-state index is 10.5. The third-order valence-corrected chi connectivity index (χ3v) is 1.50. The molecule has 4 nitrogen and oxygen atoms in total. The molecule has 63 valence electrons. The van der Waals surface area contributed by atoms with Crippen LogP contribution in [0.4, 0.5) is 5.69 Å². The number of nitro groups is 1. The van der Waals surface area contributed by atoms with Crippen LogP contribution in [-0.4, -0.2) is 4.92 Å². The first kappa shape index (κ1) is 8.67. The van der Waals surface area contributed by atoms with Crippen LogP contribution in [0.2, 0.25) is 0 Å². The van der Waals surface area contributed by atoms with Crippen LogP contribution in [-0.2, 0) is 6.54 Å². The molecule has 0 saturated carbocycles. The fourth-order valence-corrected chi connectivity index (χ4v) is 0.973. The summed E-state index contributed by atoms with van der Waals surface area (Å²) in [5.74, 6) is 0. The maximum Gasteiger partial charge on any atom is 0.273 e. The smallest absolute Gasteiger partial charge is 0.273 e. The van der Waals surface area contributed by atoms with Crippen molar-refractivity contribution < 1.29 is 4.92 Å². The largest absolute Gasteiger partial charge is 0.311 e. The zero-order valence-electron chi connectivity index (χ0n) is 6.49. The van der Waals surface area contributed by atoms with Crippen molar-refractivity contribution in [2.24, 2.45) is 0 Å². The molecule has 12 heavy (non-hydrogen) atoms. The predicted molar refractivity (Wildman–Crippen MR) is 45.3 cm³/mol. The molecular weight excluding hydrogens is 156 g/mol. The van der Waals surface area contributed by atoms with Crippen molar-refractivity contribution in [3.05, 3.63) is 47.0 Å². The second-order valence-corrected chi connectivity index (χ2v) is 2.31. The second-order valence-electron chi connectivity index (χ2n) is 2.31. The number of para-hydroxylation sites is 1. The Morgan fingerprint density at radius 1 is 1.50 bits per heavy atom. The van der Waals surface area contributed by atoms with Gasteiger partial charge in [-0.25, -0.2) is 0 Å². The molecule has 0 bridgehead atoms. The normalized spacial score (nSPS) is 9.75. The first-order valence-corrected chi connectivity index (χ1v) is 3.48. The number of hydrogen-bond acceptors (Lipinski definition) is 3. The van der Waals surface area contributed by atoms with E-state index >= 15 is 0 Å². The number of nitrogens with zero attached hydrogens (tertiary/aromatic N) is 1. The monoisotopic (exact) mass is 165 g/mol. The van der Waals surface area contributed by atoms with E-state index in [-0.39, 0.29) is 5.69 Å². The van der Waals surface area contributed by atoms with E-state index in [9.17, 15) is 10.1 Å². The summed E-state index contributed by atoms with van der Waals surface area (Å²) in [6.45, 7) is 0.414. The molecule has 1 N–H and O–H groups in total. The molecule has 4 heteroatoms. The number of nitrogens with one attached hydrogen (secondary N) is 1. The quantitative estimate of drug-likeness (QED) is 0.545. The van der Waals surface area contributed by atoms with Crippen LogP contribution in [0.1, 0.15) is 5.56 Å². The van der Waals surface area contributed by atoms with E-state index in [0.717, 1.165) is 0 Å². The van der Waals surface area contributed by atoms with Crippen LogP contribution in [0.25, 0.3) is 0 Å². The molecule has 1 radical (unpaired) electrons. The average molecular weight is 165 g/mol. The molecule has 0 amide bonds. The Bertz CT molecular complexity index is 286. The second kappa shape index (κ2) is 3.82. The van der Waals surface area contributed by atoms with Crippen LogP contribution in [0.15, 0.2) is 24.3 Å². The van der Waals surface area contributed by atoms with E-state index in [4.69, 9.17) is 0 Å². The van der Waals surface area contributed by atoms with Crippen LogP contribution in [0.5, 0.6) is 0 Å². The minimum absolute atomic E-state index is 0.133. The Hall–Kier alpha value is -1.42. The topological polar surface area (TPSA) is 55.2 Å². The lowest BCUT2D eigenvalue weighted by atomic mass is 10.2. The van der Waals surface area contributed by atoms with Gasteiger partial charge in [0.2, 0.25) is 0 Å². The van der Waals surface area contributed by atoms with Crippen LogP contribution in [0, 0.1) is 17.2 Å². The lowest BCUT2D eigenvalue weighted by Gasteiger charge is -1.99. The number of hydrogen-bond donors (Lipinski definition) is 1. The van der Waals surface area contributed by atoms with Crippen LogP contribution < -0.4 is 5.32 Å². The van der Waals surface area contributed by atoms with Gasteiger partial charge in [-0.3, -0.25) is 10.1 Å². The van der Waals surface area contributed by atoms with Gasteiger partial charge in [0.15, 0.2) is 0 Å². The van der Waals surface area contributed by atoms with Gasteiger partial charge in [-0.2, -0.15) is 0 Å². The summed E-state index contributed by atoms with van der Waals surface area (Å²) in [4.78, 5) is 10.1. The summed E-state index contributed by atoms with van der Waals surface area (Å²) < 4.78 is 0. The van der Waals surface area contributed by atoms with E-state index in [2.05, 4.69) is 12.4 Å². The summed E-state index contributed by atoms with van der Waals surface area (Å²) in [6, 6.07) is 6.59. The van der Waals surface area contributed by atoms with Crippen molar-refractivity contribution in [3.8, 4) is 0 Å². The van der Waals surface area contributed by atoms with E-state index in [0.29, 0.717) is 12.1 Å². The Balaban J connectivity index is 3.00. The van der Waals surface area contributed by atoms with Gasteiger partial charge >= 0.3 is 0 Å². The van der Waals surface area contributed by atoms with Crippen molar-refractivity contribution in [2.75, 3.05) is 0 Å². The van der Waals surface area contributed by atoms with Crippen molar-refractivity contribution in [2.45, 2.75) is 6.54 Å². The molecule has 0 atom stereocenters. The Morgan fingerprint density at radius 2 is 2.17 bits per heavy atom. The van der Waals surface area contributed by atoms with Crippen molar-refractivity contribution in [3.63, 3.8) is 0 Å². The fourth-order valence-electron chi connectivity index (χ4n) is 0.973. The first-order chi connectivity index (χ1) is 5.75. The van der Waals surface area contributed by atoms with Gasteiger partial charge < -0.3 is 5.32 Å². The SMILES string of the molecule is [CH2]NCc1ccccc1[N+](=O)[O-]. The van der Waals surface area contributed by atoms with Crippen molar-refractivity contribution in [1.82, 2.24) is 5.32 Å². The summed E-state index contributed by atoms with van der Waals surface area (Å²) >= 11 is 0. The molecule has 0 saturated heterocycles. The van der Waals surface area contributed by atoms with Crippen molar-refractivity contribution >= 4 is 5.69 Å². The zero-order valence-corrected chi connectivity index (χ0v) is 6.49. The third-order valence-electron chi connectivity index (χ3n) is 1.50. The molecule has 1 rings (SSSR count). The third kappa shape index (κ3) is 1.79. The number of nitro benzene ring substituents is 1. The van der Waals surface area contributed by atoms with Gasteiger partial charge in [0, 0.05) is 25.2 Å². The average Bonchev–Trinajstić information content (AvgIpc) is 2.05. The summed E-state index contributed by atoms with van der Waals surface area (Å²) in [5, 5.41) is 13.1. The van der Waals surface area contributed by atoms with Crippen LogP contribution >= 0.6 is 0 Å². The number of rotatable bonds is 3. The van der Waals surface area contributed by atoms with Gasteiger partial charge in [-0.05, 0) is 0 Å². The van der Waals surface area contributed by atoms with Crippen molar-refractivity contribution in [1.29, 1.82) is 0 Å². The zero-order chi connectivity index (χ0) is 8.97. The highest BCUT2D eigenvalue weighted by Gasteiger charge is 2.10.